The van der Waals surface area contributed by atoms with Crippen LogP contribution in [0.15, 0.2) is 71.6 Å². The summed E-state index contributed by atoms with van der Waals surface area (Å²) in [6.07, 6.45) is 0.490. The summed E-state index contributed by atoms with van der Waals surface area (Å²) >= 11 is 6.22. The molecule has 1 atom stereocenters. The van der Waals surface area contributed by atoms with E-state index in [2.05, 4.69) is 15.1 Å². The molecule has 0 aliphatic heterocycles. The van der Waals surface area contributed by atoms with Crippen molar-refractivity contribution >= 4 is 38.9 Å². The molecular weight excluding hydrogens is 570 g/mol. The molecule has 214 valence electrons. The number of nitro groups is 1. The van der Waals surface area contributed by atoms with E-state index in [1.807, 2.05) is 13.0 Å². The van der Waals surface area contributed by atoms with E-state index < -0.39 is 37.5 Å². The number of non-ortho nitro benzene ring substituents is 1. The fourth-order valence-electron chi connectivity index (χ4n) is 3.93. The first-order chi connectivity index (χ1) is 19.4. The number of halogens is 1. The average Bonchev–Trinajstić information content (AvgIpc) is 3.24. The van der Waals surface area contributed by atoms with E-state index in [0.29, 0.717) is 28.4 Å². The molecule has 13 heteroatoms. The smallest absolute Gasteiger partial charge is 0.276 e. The van der Waals surface area contributed by atoms with Gasteiger partial charge in [-0.3, -0.25) is 14.9 Å². The van der Waals surface area contributed by atoms with E-state index in [0.717, 1.165) is 17.7 Å². The van der Waals surface area contributed by atoms with E-state index in [1.165, 1.54) is 10.7 Å². The second kappa shape index (κ2) is 12.1. The highest BCUT2D eigenvalue weighted by molar-refractivity contribution is 7.89. The predicted octanol–water partition coefficient (Wildman–Crippen LogP) is 6.17. The molecule has 4 rings (SSSR count). The number of nitrogens with one attached hydrogen (secondary N) is 2. The Balaban J connectivity index is 1.85. The van der Waals surface area contributed by atoms with Crippen molar-refractivity contribution in [3.8, 4) is 17.3 Å². The van der Waals surface area contributed by atoms with Crippen molar-refractivity contribution in [2.75, 3.05) is 5.32 Å². The van der Waals surface area contributed by atoms with Crippen molar-refractivity contribution in [1.29, 1.82) is 0 Å². The van der Waals surface area contributed by atoms with Crippen LogP contribution in [-0.4, -0.2) is 35.1 Å². The van der Waals surface area contributed by atoms with Crippen LogP contribution in [0.2, 0.25) is 5.02 Å². The minimum absolute atomic E-state index is 0.0190. The first-order valence-corrected chi connectivity index (χ1v) is 14.5. The maximum absolute atomic E-state index is 13.3. The van der Waals surface area contributed by atoms with E-state index >= 15 is 0 Å². The van der Waals surface area contributed by atoms with Crippen molar-refractivity contribution < 1.29 is 22.9 Å². The molecule has 1 heterocycles. The van der Waals surface area contributed by atoms with Crippen LogP contribution >= 0.6 is 11.6 Å². The maximum atomic E-state index is 13.3. The topological polar surface area (TPSA) is 145 Å². The zero-order valence-corrected chi connectivity index (χ0v) is 24.3. The van der Waals surface area contributed by atoms with Gasteiger partial charge in [-0.25, -0.2) is 13.1 Å². The number of ether oxygens (including phenoxy) is 1. The van der Waals surface area contributed by atoms with Crippen LogP contribution in [0.25, 0.3) is 5.69 Å². The molecule has 0 bridgehead atoms. The number of carbonyl (C=O) groups excluding carboxylic acids is 1. The van der Waals surface area contributed by atoms with Gasteiger partial charge in [0, 0.05) is 34.4 Å². The summed E-state index contributed by atoms with van der Waals surface area (Å²) in [5.74, 6) is -0.687. The molecule has 11 nitrogen and oxygen atoms in total. The Morgan fingerprint density at radius 3 is 2.51 bits per heavy atom. The third kappa shape index (κ3) is 6.73. The Labute approximate surface area is 242 Å². The van der Waals surface area contributed by atoms with Gasteiger partial charge in [-0.05, 0) is 69.2 Å². The molecule has 4 aromatic rings. The molecule has 0 radical (unpaired) electrons. The molecule has 0 aliphatic rings. The highest BCUT2D eigenvalue weighted by atomic mass is 35.5. The first kappa shape index (κ1) is 29.7. The van der Waals surface area contributed by atoms with Gasteiger partial charge >= 0.3 is 0 Å². The standard InChI is InChI=1S/C28H28ClN5O6S/c1-5-18(3)32-41(38,39)25-16-23(34(36)37)12-13-24(25)40-28-19(4)26(27(35)30-21-10-6-8-17(2)14-21)31-33(28)22-11-7-9-20(29)15-22/h6-16,18,32H,5H2,1-4H3,(H,30,35)/t18-/m0/s1. The number of hydrogen-bond acceptors (Lipinski definition) is 7. The summed E-state index contributed by atoms with van der Waals surface area (Å²) in [5.41, 5.74) is 1.84. The third-order valence-corrected chi connectivity index (χ3v) is 8.06. The number of benzene rings is 3. The number of aromatic nitrogens is 2. The van der Waals surface area contributed by atoms with Crippen LogP contribution in [0.3, 0.4) is 0 Å². The number of carbonyl (C=O) groups is 1. The molecule has 0 aliphatic carbocycles. The van der Waals surface area contributed by atoms with E-state index in [1.54, 1.807) is 63.2 Å². The zero-order valence-electron chi connectivity index (χ0n) is 22.7. The average molecular weight is 598 g/mol. The summed E-state index contributed by atoms with van der Waals surface area (Å²) in [7, 11) is -4.24. The molecule has 2 N–H and O–H groups in total. The highest BCUT2D eigenvalue weighted by Gasteiger charge is 2.28. The molecule has 0 spiro atoms. The monoisotopic (exact) mass is 597 g/mol. The summed E-state index contributed by atoms with van der Waals surface area (Å²) in [5, 5.41) is 19.2. The normalized spacial score (nSPS) is 12.1. The van der Waals surface area contributed by atoms with E-state index in [9.17, 15) is 23.3 Å². The van der Waals surface area contributed by atoms with Crippen molar-refractivity contribution in [1.82, 2.24) is 14.5 Å². The van der Waals surface area contributed by atoms with Crippen molar-refractivity contribution in [3.63, 3.8) is 0 Å². The molecule has 3 aromatic carbocycles. The number of aryl methyl sites for hydroxylation is 1. The van der Waals surface area contributed by atoms with Gasteiger partial charge in [0.05, 0.1) is 10.6 Å². The Morgan fingerprint density at radius 1 is 1.12 bits per heavy atom. The van der Waals surface area contributed by atoms with Crippen molar-refractivity contribution in [2.45, 2.75) is 45.1 Å². The molecular formula is C28H28ClN5O6S. The second-order valence-electron chi connectivity index (χ2n) is 9.41. The van der Waals surface area contributed by atoms with E-state index in [4.69, 9.17) is 16.3 Å². The van der Waals surface area contributed by atoms with Gasteiger partial charge in [0.1, 0.15) is 10.6 Å². The Bertz CT molecular complexity index is 1740. The van der Waals surface area contributed by atoms with Crippen molar-refractivity contribution in [2.24, 2.45) is 0 Å². The number of rotatable bonds is 10. The fourth-order valence-corrected chi connectivity index (χ4v) is 5.59. The predicted molar refractivity (Wildman–Crippen MR) is 156 cm³/mol. The number of hydrogen-bond donors (Lipinski definition) is 2. The molecule has 41 heavy (non-hydrogen) atoms. The van der Waals surface area contributed by atoms with Gasteiger partial charge in [-0.2, -0.15) is 9.78 Å². The summed E-state index contributed by atoms with van der Waals surface area (Å²) < 4.78 is 36.6. The minimum Gasteiger partial charge on any atom is -0.437 e. The van der Waals surface area contributed by atoms with Gasteiger partial charge < -0.3 is 10.1 Å². The Morgan fingerprint density at radius 2 is 1.85 bits per heavy atom. The lowest BCUT2D eigenvalue weighted by atomic mass is 10.2. The number of amides is 1. The number of nitro benzene ring substituents is 1. The van der Waals surface area contributed by atoms with Crippen LogP contribution in [0.1, 0.15) is 41.9 Å². The quantitative estimate of drug-likeness (QED) is 0.164. The van der Waals surface area contributed by atoms with Gasteiger partial charge in [-0.1, -0.05) is 36.7 Å². The number of sulfonamides is 1. The lowest BCUT2D eigenvalue weighted by Gasteiger charge is -2.16. The third-order valence-electron chi connectivity index (χ3n) is 6.22. The SMILES string of the molecule is CC[C@H](C)NS(=O)(=O)c1cc([N+](=O)[O-])ccc1Oc1c(C)c(C(=O)Nc2cccc(C)c2)nn1-c1cccc(Cl)c1. The lowest BCUT2D eigenvalue weighted by Crippen LogP contribution is -2.32. The van der Waals surface area contributed by atoms with Crippen LogP contribution < -0.4 is 14.8 Å². The van der Waals surface area contributed by atoms with E-state index in [-0.39, 0.29) is 17.3 Å². The maximum Gasteiger partial charge on any atom is 0.276 e. The molecule has 0 saturated carbocycles. The van der Waals surface area contributed by atoms with Crippen LogP contribution in [-0.2, 0) is 10.0 Å². The largest absolute Gasteiger partial charge is 0.437 e. The summed E-state index contributed by atoms with van der Waals surface area (Å²) in [6, 6.07) is 16.7. The molecule has 1 aromatic heterocycles. The zero-order chi connectivity index (χ0) is 29.9. The van der Waals surface area contributed by atoms with Crippen LogP contribution in [0, 0.1) is 24.0 Å². The molecule has 0 saturated heterocycles. The Hall–Kier alpha value is -4.26. The lowest BCUT2D eigenvalue weighted by molar-refractivity contribution is -0.385. The van der Waals surface area contributed by atoms with Crippen molar-refractivity contribution in [3.05, 3.63) is 98.7 Å². The van der Waals surface area contributed by atoms with Gasteiger partial charge in [0.15, 0.2) is 5.69 Å². The number of anilines is 1. The van der Waals surface area contributed by atoms with Crippen LogP contribution in [0.4, 0.5) is 11.4 Å². The number of nitrogens with zero attached hydrogens (tertiary/aromatic N) is 3. The summed E-state index contributed by atoms with van der Waals surface area (Å²) in [4.78, 5) is 23.7. The Kier molecular flexibility index (Phi) is 8.76. The molecule has 1 amide bonds. The first-order valence-electron chi connectivity index (χ1n) is 12.6. The fraction of sp³-hybridized carbons (Fsp3) is 0.214. The second-order valence-corrected chi connectivity index (χ2v) is 11.5. The van der Waals surface area contributed by atoms with Gasteiger partial charge in [0.2, 0.25) is 15.9 Å². The molecule has 0 fully saturated rings. The van der Waals surface area contributed by atoms with Crippen LogP contribution in [0.5, 0.6) is 11.6 Å². The van der Waals surface area contributed by atoms with Gasteiger partial charge in [-0.15, -0.1) is 0 Å². The van der Waals surface area contributed by atoms with Gasteiger partial charge in [0.25, 0.3) is 11.6 Å². The molecule has 0 unspecified atom stereocenters. The summed E-state index contributed by atoms with van der Waals surface area (Å²) in [6.45, 7) is 6.97. The highest BCUT2D eigenvalue weighted by Crippen LogP contribution is 2.36. The minimum atomic E-state index is -4.24.